The van der Waals surface area contributed by atoms with Gasteiger partial charge in [-0.15, -0.1) is 0 Å². The fourth-order valence-electron chi connectivity index (χ4n) is 2.32. The summed E-state index contributed by atoms with van der Waals surface area (Å²) in [5.74, 6) is 7.13. The minimum atomic E-state index is -0.483. The molecule has 1 aromatic rings. The molecule has 0 saturated heterocycles. The van der Waals surface area contributed by atoms with Crippen molar-refractivity contribution in [2.24, 2.45) is 11.7 Å². The molecule has 0 spiro atoms. The van der Waals surface area contributed by atoms with Gasteiger partial charge in [-0.2, -0.15) is 0 Å². The van der Waals surface area contributed by atoms with Gasteiger partial charge in [-0.05, 0) is 43.5 Å². The smallest absolute Gasteiger partial charge is 0.0802 e. The average molecular weight is 273 g/mol. The van der Waals surface area contributed by atoms with Crippen LogP contribution in [-0.2, 0) is 0 Å². The molecule has 0 aromatic heterocycles. The van der Waals surface area contributed by atoms with Crippen molar-refractivity contribution < 1.29 is 5.11 Å². The van der Waals surface area contributed by atoms with Gasteiger partial charge in [0, 0.05) is 11.5 Å². The molecule has 1 rings (SSSR count). The normalized spacial score (nSPS) is 12.1. The van der Waals surface area contributed by atoms with Crippen LogP contribution in [0.25, 0.3) is 0 Å². The van der Waals surface area contributed by atoms with Crippen LogP contribution in [0.3, 0.4) is 0 Å². The van der Waals surface area contributed by atoms with Crippen LogP contribution < -0.4 is 5.73 Å². The topological polar surface area (TPSA) is 46.2 Å². The number of aliphatic hydroxyl groups is 1. The molecule has 1 atom stereocenters. The van der Waals surface area contributed by atoms with Gasteiger partial charge in [0.25, 0.3) is 0 Å². The molecular weight excluding hydrogens is 246 g/mol. The van der Waals surface area contributed by atoms with Gasteiger partial charge in [0.1, 0.15) is 0 Å². The molecule has 3 N–H and O–H groups in total. The lowest BCUT2D eigenvalue weighted by atomic mass is 9.98. The van der Waals surface area contributed by atoms with Gasteiger partial charge in [-0.3, -0.25) is 0 Å². The maximum absolute atomic E-state index is 9.96. The van der Waals surface area contributed by atoms with Gasteiger partial charge in [0.05, 0.1) is 6.10 Å². The minimum Gasteiger partial charge on any atom is -0.388 e. The molecule has 2 nitrogen and oxygen atoms in total. The maximum atomic E-state index is 9.96. The summed E-state index contributed by atoms with van der Waals surface area (Å²) in [6.07, 6.45) is 4.78. The average Bonchev–Trinajstić information content (AvgIpc) is 2.46. The van der Waals surface area contributed by atoms with Crippen molar-refractivity contribution >= 4 is 0 Å². The molecule has 1 aromatic carbocycles. The first-order valence-electron chi connectivity index (χ1n) is 7.70. The monoisotopic (exact) mass is 273 g/mol. The van der Waals surface area contributed by atoms with Gasteiger partial charge < -0.3 is 10.8 Å². The van der Waals surface area contributed by atoms with Crippen LogP contribution in [0.2, 0.25) is 0 Å². The van der Waals surface area contributed by atoms with Crippen molar-refractivity contribution in [1.29, 1.82) is 0 Å². The van der Waals surface area contributed by atoms with Crippen molar-refractivity contribution in [3.05, 3.63) is 35.4 Å². The first-order valence-corrected chi connectivity index (χ1v) is 7.70. The first kappa shape index (κ1) is 16.8. The summed E-state index contributed by atoms with van der Waals surface area (Å²) >= 11 is 0. The molecule has 0 amide bonds. The standard InChI is InChI=1S/C18H27NO/c1-3-6-15(7-4-2)10-11-16-8-5-9-17(14-16)18(20)12-13-19/h5,8-9,14-15,18,20H,3-4,6-7,12-13,19H2,1-2H3. The second kappa shape index (κ2) is 9.58. The predicted molar refractivity (Wildman–Crippen MR) is 85.3 cm³/mol. The van der Waals surface area contributed by atoms with Crippen molar-refractivity contribution in [2.75, 3.05) is 6.54 Å². The summed E-state index contributed by atoms with van der Waals surface area (Å²) in [6, 6.07) is 7.86. The Kier molecular flexibility index (Phi) is 8.02. The van der Waals surface area contributed by atoms with Crippen LogP contribution in [0, 0.1) is 17.8 Å². The summed E-state index contributed by atoms with van der Waals surface area (Å²) in [4.78, 5) is 0. The molecule has 0 aliphatic carbocycles. The number of hydrogen-bond acceptors (Lipinski definition) is 2. The largest absolute Gasteiger partial charge is 0.388 e. The summed E-state index contributed by atoms with van der Waals surface area (Å²) in [5.41, 5.74) is 7.37. The first-order chi connectivity index (χ1) is 9.71. The molecule has 20 heavy (non-hydrogen) atoms. The van der Waals surface area contributed by atoms with Crippen LogP contribution in [0.5, 0.6) is 0 Å². The van der Waals surface area contributed by atoms with Crippen LogP contribution in [0.4, 0.5) is 0 Å². The lowest BCUT2D eigenvalue weighted by Crippen LogP contribution is -2.06. The molecule has 0 fully saturated rings. The Labute approximate surface area is 123 Å². The fraction of sp³-hybridized carbons (Fsp3) is 0.556. The highest BCUT2D eigenvalue weighted by atomic mass is 16.3. The fourth-order valence-corrected chi connectivity index (χ4v) is 2.32. The SMILES string of the molecule is CCCC(C#Cc1cccc(C(O)CCN)c1)CCC. The molecule has 0 heterocycles. The van der Waals surface area contributed by atoms with Gasteiger partial charge >= 0.3 is 0 Å². The zero-order chi connectivity index (χ0) is 14.8. The molecule has 0 aliphatic rings. The zero-order valence-electron chi connectivity index (χ0n) is 12.7. The van der Waals surface area contributed by atoms with Crippen LogP contribution in [0.1, 0.15) is 63.2 Å². The molecule has 1 unspecified atom stereocenters. The summed E-state index contributed by atoms with van der Waals surface area (Å²) in [5, 5.41) is 9.96. The highest BCUT2D eigenvalue weighted by Crippen LogP contribution is 2.17. The van der Waals surface area contributed by atoms with Crippen LogP contribution >= 0.6 is 0 Å². The van der Waals surface area contributed by atoms with Crippen molar-refractivity contribution in [2.45, 2.75) is 52.1 Å². The minimum absolute atomic E-state index is 0.483. The lowest BCUT2D eigenvalue weighted by molar-refractivity contribution is 0.170. The Morgan fingerprint density at radius 1 is 1.15 bits per heavy atom. The van der Waals surface area contributed by atoms with E-state index in [1.54, 1.807) is 0 Å². The van der Waals surface area contributed by atoms with E-state index < -0.39 is 6.10 Å². The molecule has 0 saturated carbocycles. The number of rotatable bonds is 7. The molecular formula is C18H27NO. The van der Waals surface area contributed by atoms with E-state index in [-0.39, 0.29) is 0 Å². The molecule has 0 radical (unpaired) electrons. The predicted octanol–water partition coefficient (Wildman–Crippen LogP) is 3.64. The van der Waals surface area contributed by atoms with E-state index in [1.807, 2.05) is 24.3 Å². The van der Waals surface area contributed by atoms with Crippen molar-refractivity contribution in [3.8, 4) is 11.8 Å². The third-order valence-electron chi connectivity index (χ3n) is 3.41. The summed E-state index contributed by atoms with van der Waals surface area (Å²) < 4.78 is 0. The molecule has 2 heteroatoms. The number of nitrogens with two attached hydrogens (primary N) is 1. The Morgan fingerprint density at radius 3 is 2.45 bits per heavy atom. The van der Waals surface area contributed by atoms with Crippen LogP contribution in [0.15, 0.2) is 24.3 Å². The van der Waals surface area contributed by atoms with E-state index >= 15 is 0 Å². The number of hydrogen-bond donors (Lipinski definition) is 2. The number of aliphatic hydroxyl groups excluding tert-OH is 1. The van der Waals surface area contributed by atoms with Gasteiger partial charge in [-0.25, -0.2) is 0 Å². The van der Waals surface area contributed by atoms with Gasteiger partial charge in [-0.1, -0.05) is 50.7 Å². The number of benzene rings is 1. The Bertz CT molecular complexity index is 438. The highest BCUT2D eigenvalue weighted by Gasteiger charge is 2.06. The second-order valence-corrected chi connectivity index (χ2v) is 5.26. The third kappa shape index (κ3) is 5.77. The van der Waals surface area contributed by atoms with E-state index in [9.17, 15) is 5.11 Å². The summed E-state index contributed by atoms with van der Waals surface area (Å²) in [6.45, 7) is 4.90. The second-order valence-electron chi connectivity index (χ2n) is 5.26. The molecule has 0 aliphatic heterocycles. The van der Waals surface area contributed by atoms with Crippen molar-refractivity contribution in [3.63, 3.8) is 0 Å². The van der Waals surface area contributed by atoms with Crippen LogP contribution in [-0.4, -0.2) is 11.7 Å². The van der Waals surface area contributed by atoms with E-state index in [0.29, 0.717) is 18.9 Å². The van der Waals surface area contributed by atoms with E-state index in [4.69, 9.17) is 5.73 Å². The summed E-state index contributed by atoms with van der Waals surface area (Å²) in [7, 11) is 0. The quantitative estimate of drug-likeness (QED) is 0.745. The molecule has 0 bridgehead atoms. The van der Waals surface area contributed by atoms with E-state index in [2.05, 4.69) is 25.7 Å². The molecule has 110 valence electrons. The van der Waals surface area contributed by atoms with E-state index in [0.717, 1.165) is 24.0 Å². The maximum Gasteiger partial charge on any atom is 0.0802 e. The third-order valence-corrected chi connectivity index (χ3v) is 3.41. The zero-order valence-corrected chi connectivity index (χ0v) is 12.7. The van der Waals surface area contributed by atoms with Gasteiger partial charge in [0.2, 0.25) is 0 Å². The Hall–Kier alpha value is -1.30. The highest BCUT2D eigenvalue weighted by molar-refractivity contribution is 5.38. The van der Waals surface area contributed by atoms with E-state index in [1.165, 1.54) is 12.8 Å². The Morgan fingerprint density at radius 2 is 1.85 bits per heavy atom. The van der Waals surface area contributed by atoms with Crippen molar-refractivity contribution in [1.82, 2.24) is 0 Å². The Balaban J connectivity index is 2.79. The van der Waals surface area contributed by atoms with Gasteiger partial charge in [0.15, 0.2) is 0 Å². The lowest BCUT2D eigenvalue weighted by Gasteiger charge is -2.10.